The lowest BCUT2D eigenvalue weighted by Crippen LogP contribution is -2.03. The molecule has 1 aromatic heterocycles. The Morgan fingerprint density at radius 3 is 2.89 bits per heavy atom. The summed E-state index contributed by atoms with van der Waals surface area (Å²) in [5.74, 6) is 0. The molecule has 19 heavy (non-hydrogen) atoms. The van der Waals surface area contributed by atoms with E-state index < -0.39 is 0 Å². The predicted molar refractivity (Wildman–Crippen MR) is 76.8 cm³/mol. The first-order valence-corrected chi connectivity index (χ1v) is 6.59. The van der Waals surface area contributed by atoms with E-state index in [9.17, 15) is 10.1 Å². The zero-order valence-corrected chi connectivity index (χ0v) is 11.5. The van der Waals surface area contributed by atoms with Crippen LogP contribution in [0.25, 0.3) is 0 Å². The number of anilines is 2. The largest absolute Gasteiger partial charge is 0.374 e. The molecule has 0 spiro atoms. The summed E-state index contributed by atoms with van der Waals surface area (Å²) in [5, 5.41) is 19.7. The number of benzene rings is 1. The van der Waals surface area contributed by atoms with Crippen molar-refractivity contribution in [1.82, 2.24) is 4.98 Å². The third-order valence-electron chi connectivity index (χ3n) is 2.58. The minimum atomic E-state index is -0.380. The van der Waals surface area contributed by atoms with Gasteiger partial charge in [-0.25, -0.2) is 4.98 Å². The molecule has 0 saturated carbocycles. The first-order chi connectivity index (χ1) is 9.10. The zero-order valence-electron chi connectivity index (χ0n) is 10.6. The average Bonchev–Trinajstić information content (AvgIpc) is 2.85. The van der Waals surface area contributed by atoms with Gasteiger partial charge >= 0.3 is 0 Å². The van der Waals surface area contributed by atoms with Gasteiger partial charge in [0.05, 0.1) is 17.2 Å². The van der Waals surface area contributed by atoms with Crippen LogP contribution < -0.4 is 10.6 Å². The molecule has 2 aromatic rings. The molecular weight excluding hydrogens is 264 g/mol. The van der Waals surface area contributed by atoms with Gasteiger partial charge in [0, 0.05) is 18.5 Å². The van der Waals surface area contributed by atoms with Crippen molar-refractivity contribution in [3.63, 3.8) is 0 Å². The Kier molecular flexibility index (Phi) is 3.96. The number of nitrogens with zero attached hydrogens (tertiary/aromatic N) is 2. The topological polar surface area (TPSA) is 80.1 Å². The van der Waals surface area contributed by atoms with Gasteiger partial charge in [0.2, 0.25) is 0 Å². The molecule has 0 fully saturated rings. The monoisotopic (exact) mass is 278 g/mol. The number of rotatable bonds is 5. The van der Waals surface area contributed by atoms with E-state index in [0.29, 0.717) is 12.2 Å². The summed E-state index contributed by atoms with van der Waals surface area (Å²) in [6, 6.07) is 5.12. The second kappa shape index (κ2) is 5.66. The summed E-state index contributed by atoms with van der Waals surface area (Å²) < 4.78 is 0. The van der Waals surface area contributed by atoms with Crippen molar-refractivity contribution < 1.29 is 4.92 Å². The summed E-state index contributed by atoms with van der Waals surface area (Å²) in [5.41, 5.74) is 2.31. The van der Waals surface area contributed by atoms with E-state index in [-0.39, 0.29) is 10.6 Å². The Bertz CT molecular complexity index is 597. The summed E-state index contributed by atoms with van der Waals surface area (Å²) in [6.45, 7) is 2.29. The molecule has 0 aliphatic rings. The van der Waals surface area contributed by atoms with Crippen molar-refractivity contribution in [1.29, 1.82) is 0 Å². The highest BCUT2D eigenvalue weighted by Gasteiger charge is 2.13. The molecule has 0 amide bonds. The Hall–Kier alpha value is -2.15. The van der Waals surface area contributed by atoms with Gasteiger partial charge in [0.25, 0.3) is 5.69 Å². The number of aromatic nitrogens is 1. The maximum Gasteiger partial charge on any atom is 0.292 e. The second-order valence-corrected chi connectivity index (χ2v) is 4.88. The van der Waals surface area contributed by atoms with Crippen molar-refractivity contribution in [2.75, 3.05) is 17.7 Å². The normalized spacial score (nSPS) is 10.2. The van der Waals surface area contributed by atoms with Crippen LogP contribution in [0.15, 0.2) is 23.6 Å². The third kappa shape index (κ3) is 3.19. The molecule has 0 radical (unpaired) electrons. The van der Waals surface area contributed by atoms with E-state index in [4.69, 9.17) is 0 Å². The van der Waals surface area contributed by atoms with Crippen LogP contribution in [0.4, 0.5) is 16.5 Å². The van der Waals surface area contributed by atoms with Crippen LogP contribution in [0.3, 0.4) is 0 Å². The molecule has 1 heterocycles. The molecule has 2 rings (SSSR count). The van der Waals surface area contributed by atoms with Gasteiger partial charge in [0.1, 0.15) is 5.69 Å². The third-order valence-corrected chi connectivity index (χ3v) is 3.48. The maximum absolute atomic E-state index is 11.0. The lowest BCUT2D eigenvalue weighted by molar-refractivity contribution is -0.384. The number of thiazole rings is 1. The maximum atomic E-state index is 11.0. The molecule has 6 nitrogen and oxygen atoms in total. The minimum Gasteiger partial charge on any atom is -0.374 e. The first kappa shape index (κ1) is 13.3. The van der Waals surface area contributed by atoms with E-state index in [0.717, 1.165) is 16.4 Å². The second-order valence-electron chi connectivity index (χ2n) is 4.03. The van der Waals surface area contributed by atoms with E-state index in [2.05, 4.69) is 15.6 Å². The van der Waals surface area contributed by atoms with Gasteiger partial charge < -0.3 is 10.6 Å². The number of hydrogen-bond acceptors (Lipinski definition) is 6. The molecule has 0 atom stereocenters. The van der Waals surface area contributed by atoms with E-state index in [1.807, 2.05) is 18.4 Å². The highest BCUT2D eigenvalue weighted by atomic mass is 32.1. The average molecular weight is 278 g/mol. The number of nitro groups is 1. The van der Waals surface area contributed by atoms with Crippen LogP contribution >= 0.6 is 11.3 Å². The molecule has 7 heteroatoms. The molecular formula is C12H14N4O2S. The molecule has 100 valence electrons. The van der Waals surface area contributed by atoms with Crippen molar-refractivity contribution in [2.45, 2.75) is 13.5 Å². The van der Waals surface area contributed by atoms with Crippen LogP contribution in [-0.2, 0) is 6.54 Å². The van der Waals surface area contributed by atoms with Crippen LogP contribution in [0.2, 0.25) is 0 Å². The van der Waals surface area contributed by atoms with E-state index in [1.165, 1.54) is 11.3 Å². The fourth-order valence-electron chi connectivity index (χ4n) is 1.63. The zero-order chi connectivity index (χ0) is 13.8. The number of aryl methyl sites for hydroxylation is 1. The van der Waals surface area contributed by atoms with Crippen LogP contribution in [0, 0.1) is 17.0 Å². The van der Waals surface area contributed by atoms with Gasteiger partial charge in [-0.1, -0.05) is 6.07 Å². The molecule has 0 aliphatic carbocycles. The van der Waals surface area contributed by atoms with Gasteiger partial charge in [-0.15, -0.1) is 11.3 Å². The molecule has 0 saturated heterocycles. The highest BCUT2D eigenvalue weighted by molar-refractivity contribution is 7.13. The van der Waals surface area contributed by atoms with Crippen molar-refractivity contribution in [2.24, 2.45) is 0 Å². The Labute approximate surface area is 114 Å². The van der Waals surface area contributed by atoms with Crippen molar-refractivity contribution in [3.05, 3.63) is 45.0 Å². The van der Waals surface area contributed by atoms with Crippen LogP contribution in [0.5, 0.6) is 0 Å². The summed E-state index contributed by atoms with van der Waals surface area (Å²) in [7, 11) is 1.81. The van der Waals surface area contributed by atoms with Gasteiger partial charge in [0.15, 0.2) is 5.13 Å². The van der Waals surface area contributed by atoms with Gasteiger partial charge in [-0.2, -0.15) is 0 Å². The minimum absolute atomic E-state index is 0.0871. The van der Waals surface area contributed by atoms with Crippen molar-refractivity contribution in [3.8, 4) is 0 Å². The number of nitrogens with one attached hydrogen (secondary N) is 2. The smallest absolute Gasteiger partial charge is 0.292 e. The first-order valence-electron chi connectivity index (χ1n) is 5.71. The summed E-state index contributed by atoms with van der Waals surface area (Å²) in [4.78, 5) is 14.9. The molecule has 0 aliphatic heterocycles. The molecule has 0 unspecified atom stereocenters. The fourth-order valence-corrected chi connectivity index (χ4v) is 2.30. The molecule has 1 aromatic carbocycles. The number of nitro benzene ring substituents is 1. The van der Waals surface area contributed by atoms with Gasteiger partial charge in [-0.3, -0.25) is 10.1 Å². The molecule has 0 bridgehead atoms. The molecule has 2 N–H and O–H groups in total. The number of hydrogen-bond donors (Lipinski definition) is 2. The Morgan fingerprint density at radius 1 is 1.47 bits per heavy atom. The predicted octanol–water partition coefficient (Wildman–Crippen LogP) is 3.01. The van der Waals surface area contributed by atoms with Crippen molar-refractivity contribution >= 4 is 27.8 Å². The summed E-state index contributed by atoms with van der Waals surface area (Å²) in [6.07, 6.45) is 0. The lowest BCUT2D eigenvalue weighted by Gasteiger charge is -2.06. The fraction of sp³-hybridized carbons (Fsp3) is 0.250. The van der Waals surface area contributed by atoms with Gasteiger partial charge in [-0.05, 0) is 18.6 Å². The SMILES string of the molecule is CNc1nc(CNc2ccc(C)cc2[N+](=O)[O-])cs1. The standard InChI is InChI=1S/C12H14N4O2S/c1-8-3-4-10(11(5-8)16(17)18)14-6-9-7-19-12(13-2)15-9/h3-5,7,14H,6H2,1-2H3,(H,13,15). The van der Waals surface area contributed by atoms with Crippen LogP contribution in [0.1, 0.15) is 11.3 Å². The summed E-state index contributed by atoms with van der Waals surface area (Å²) >= 11 is 1.50. The Balaban J connectivity index is 2.12. The van der Waals surface area contributed by atoms with Crippen LogP contribution in [-0.4, -0.2) is 17.0 Å². The van der Waals surface area contributed by atoms with E-state index >= 15 is 0 Å². The van der Waals surface area contributed by atoms with E-state index in [1.54, 1.807) is 19.2 Å². The Morgan fingerprint density at radius 2 is 2.26 bits per heavy atom. The lowest BCUT2D eigenvalue weighted by atomic mass is 10.2. The quantitative estimate of drug-likeness (QED) is 0.649. The highest BCUT2D eigenvalue weighted by Crippen LogP contribution is 2.26.